The molecule has 0 bridgehead atoms. The van der Waals surface area contributed by atoms with Crippen molar-refractivity contribution in [1.29, 1.82) is 0 Å². The second kappa shape index (κ2) is 5.64. The summed E-state index contributed by atoms with van der Waals surface area (Å²) in [6.45, 7) is 3.99. The van der Waals surface area contributed by atoms with Crippen LogP contribution in [-0.2, 0) is 0 Å². The van der Waals surface area contributed by atoms with Crippen LogP contribution < -0.4 is 5.32 Å². The van der Waals surface area contributed by atoms with Gasteiger partial charge in [0.2, 0.25) is 0 Å². The predicted octanol–water partition coefficient (Wildman–Crippen LogP) is 2.98. The highest BCUT2D eigenvalue weighted by Crippen LogP contribution is 2.19. The minimum atomic E-state index is -0.290. The number of rotatable bonds is 4. The van der Waals surface area contributed by atoms with Crippen molar-refractivity contribution >= 4 is 21.8 Å². The maximum atomic E-state index is 11.7. The van der Waals surface area contributed by atoms with Gasteiger partial charge in [-0.1, -0.05) is 58.0 Å². The van der Waals surface area contributed by atoms with Gasteiger partial charge in [-0.15, -0.1) is 0 Å². The number of nitrogens with zero attached hydrogens (tertiary/aromatic N) is 1. The van der Waals surface area contributed by atoms with Gasteiger partial charge in [0.1, 0.15) is 0 Å². The Balaban J connectivity index is 2.11. The Bertz CT molecular complexity index is 563. The van der Waals surface area contributed by atoms with Crippen molar-refractivity contribution in [2.24, 2.45) is 0 Å². The van der Waals surface area contributed by atoms with E-state index in [0.717, 1.165) is 5.56 Å². The van der Waals surface area contributed by atoms with Crippen LogP contribution in [0.5, 0.6) is 0 Å². The molecule has 5 heteroatoms. The molecule has 0 saturated carbocycles. The van der Waals surface area contributed by atoms with Crippen molar-refractivity contribution in [3.63, 3.8) is 0 Å². The molecule has 0 aliphatic rings. The smallest absolute Gasteiger partial charge is 0.273 e. The van der Waals surface area contributed by atoms with Crippen LogP contribution in [0, 0.1) is 0 Å². The lowest BCUT2D eigenvalue weighted by molar-refractivity contribution is 0.0949. The summed E-state index contributed by atoms with van der Waals surface area (Å²) in [6, 6.07) is 11.1. The van der Waals surface area contributed by atoms with E-state index in [2.05, 4.69) is 33.0 Å². The number of nitrogens with one attached hydrogen (secondary N) is 1. The van der Waals surface area contributed by atoms with Crippen LogP contribution in [0.3, 0.4) is 0 Å². The van der Waals surface area contributed by atoms with Crippen molar-refractivity contribution in [1.82, 2.24) is 10.5 Å². The maximum absolute atomic E-state index is 11.7. The van der Waals surface area contributed by atoms with Gasteiger partial charge < -0.3 is 9.84 Å². The topological polar surface area (TPSA) is 55.1 Å². The summed E-state index contributed by atoms with van der Waals surface area (Å²) >= 11 is 3.16. The van der Waals surface area contributed by atoms with Crippen LogP contribution in [0.2, 0.25) is 0 Å². The standard InChI is InChI=1S/C13H11BrN2O2/c1-9(14)8-15-13(17)11-7-12(18-16-11)10-5-3-2-4-6-10/h2-7H,1,8H2,(H,15,17). The van der Waals surface area contributed by atoms with E-state index < -0.39 is 0 Å². The van der Waals surface area contributed by atoms with E-state index in [-0.39, 0.29) is 11.6 Å². The molecule has 0 unspecified atom stereocenters. The number of halogens is 1. The molecule has 0 saturated heterocycles. The number of carbonyl (C=O) groups is 1. The zero-order valence-electron chi connectivity index (χ0n) is 9.52. The Morgan fingerprint density at radius 1 is 1.39 bits per heavy atom. The summed E-state index contributed by atoms with van der Waals surface area (Å²) in [6.07, 6.45) is 0. The Morgan fingerprint density at radius 3 is 2.78 bits per heavy atom. The van der Waals surface area contributed by atoms with Gasteiger partial charge in [-0.05, 0) is 0 Å². The van der Waals surface area contributed by atoms with Crippen molar-refractivity contribution in [3.05, 3.63) is 53.2 Å². The molecule has 0 fully saturated rings. The molecule has 0 aliphatic carbocycles. The first-order valence-corrected chi connectivity index (χ1v) is 6.10. The Kier molecular flexibility index (Phi) is 3.94. The molecular weight excluding hydrogens is 296 g/mol. The lowest BCUT2D eigenvalue weighted by Gasteiger charge is -1.99. The van der Waals surface area contributed by atoms with E-state index >= 15 is 0 Å². The Hall–Kier alpha value is -1.88. The summed E-state index contributed by atoms with van der Waals surface area (Å²) in [5.74, 6) is 0.278. The molecular formula is C13H11BrN2O2. The molecule has 1 aromatic heterocycles. The van der Waals surface area contributed by atoms with E-state index in [0.29, 0.717) is 16.8 Å². The molecule has 0 radical (unpaired) electrons. The Morgan fingerprint density at radius 2 is 2.11 bits per heavy atom. The van der Waals surface area contributed by atoms with Crippen LogP contribution in [-0.4, -0.2) is 17.6 Å². The van der Waals surface area contributed by atoms with Crippen molar-refractivity contribution in [2.45, 2.75) is 0 Å². The number of hydrogen-bond acceptors (Lipinski definition) is 3. The summed E-state index contributed by atoms with van der Waals surface area (Å²) in [5, 5.41) is 6.39. The minimum absolute atomic E-state index is 0.252. The van der Waals surface area contributed by atoms with Gasteiger partial charge >= 0.3 is 0 Å². The van der Waals surface area contributed by atoms with Gasteiger partial charge in [0.15, 0.2) is 11.5 Å². The van der Waals surface area contributed by atoms with E-state index in [1.165, 1.54) is 0 Å². The number of benzene rings is 1. The van der Waals surface area contributed by atoms with Crippen LogP contribution >= 0.6 is 15.9 Å². The fraction of sp³-hybridized carbons (Fsp3) is 0.0769. The third-order valence-electron chi connectivity index (χ3n) is 2.24. The average Bonchev–Trinajstić information content (AvgIpc) is 2.86. The van der Waals surface area contributed by atoms with Crippen molar-refractivity contribution < 1.29 is 9.32 Å². The molecule has 1 aromatic carbocycles. The average molecular weight is 307 g/mol. The van der Waals surface area contributed by atoms with Crippen LogP contribution in [0.1, 0.15) is 10.5 Å². The van der Waals surface area contributed by atoms with E-state index in [4.69, 9.17) is 4.52 Å². The number of carbonyl (C=O) groups excluding carboxylic acids is 1. The Labute approximate surface area is 113 Å². The third-order valence-corrected chi connectivity index (χ3v) is 2.52. The van der Waals surface area contributed by atoms with E-state index in [9.17, 15) is 4.79 Å². The SMILES string of the molecule is C=C(Br)CNC(=O)c1cc(-c2ccccc2)on1. The van der Waals surface area contributed by atoms with Gasteiger partial charge in [-0.25, -0.2) is 0 Å². The molecule has 2 aromatic rings. The molecule has 92 valence electrons. The molecule has 2 rings (SSSR count). The zero-order chi connectivity index (χ0) is 13.0. The first-order chi connectivity index (χ1) is 8.66. The largest absolute Gasteiger partial charge is 0.355 e. The summed E-state index contributed by atoms with van der Waals surface area (Å²) in [5.41, 5.74) is 1.14. The van der Waals surface area contributed by atoms with Crippen LogP contribution in [0.25, 0.3) is 11.3 Å². The lowest BCUT2D eigenvalue weighted by atomic mass is 10.1. The molecule has 0 spiro atoms. The summed E-state index contributed by atoms with van der Waals surface area (Å²) in [4.78, 5) is 11.7. The van der Waals surface area contributed by atoms with Gasteiger partial charge in [0.05, 0.1) is 0 Å². The number of hydrogen-bond donors (Lipinski definition) is 1. The highest BCUT2D eigenvalue weighted by molar-refractivity contribution is 9.11. The second-order valence-corrected chi connectivity index (χ2v) is 4.76. The fourth-order valence-corrected chi connectivity index (χ4v) is 1.53. The first kappa shape index (κ1) is 12.6. The molecule has 4 nitrogen and oxygen atoms in total. The van der Waals surface area contributed by atoms with Gasteiger partial charge in [0, 0.05) is 22.7 Å². The highest BCUT2D eigenvalue weighted by Gasteiger charge is 2.12. The summed E-state index contributed by atoms with van der Waals surface area (Å²) < 4.78 is 5.83. The maximum Gasteiger partial charge on any atom is 0.273 e. The molecule has 0 atom stereocenters. The quantitative estimate of drug-likeness (QED) is 0.945. The third kappa shape index (κ3) is 3.07. The molecule has 18 heavy (non-hydrogen) atoms. The highest BCUT2D eigenvalue weighted by atomic mass is 79.9. The lowest BCUT2D eigenvalue weighted by Crippen LogP contribution is -2.24. The molecule has 0 aliphatic heterocycles. The normalized spacial score (nSPS) is 10.1. The first-order valence-electron chi connectivity index (χ1n) is 5.30. The zero-order valence-corrected chi connectivity index (χ0v) is 11.1. The summed E-state index contributed by atoms with van der Waals surface area (Å²) in [7, 11) is 0. The minimum Gasteiger partial charge on any atom is -0.355 e. The van der Waals surface area contributed by atoms with Gasteiger partial charge in [0.25, 0.3) is 5.91 Å². The van der Waals surface area contributed by atoms with Gasteiger partial charge in [-0.3, -0.25) is 4.79 Å². The fourth-order valence-electron chi connectivity index (χ4n) is 1.39. The van der Waals surface area contributed by atoms with Crippen molar-refractivity contribution in [2.75, 3.05) is 6.54 Å². The number of aromatic nitrogens is 1. The second-order valence-electron chi connectivity index (χ2n) is 3.64. The van der Waals surface area contributed by atoms with Gasteiger partial charge in [-0.2, -0.15) is 0 Å². The molecule has 1 heterocycles. The van der Waals surface area contributed by atoms with E-state index in [1.807, 2.05) is 30.3 Å². The van der Waals surface area contributed by atoms with Crippen molar-refractivity contribution in [3.8, 4) is 11.3 Å². The van der Waals surface area contributed by atoms with Crippen LogP contribution in [0.15, 0.2) is 52.0 Å². The number of amides is 1. The molecule has 1 amide bonds. The monoisotopic (exact) mass is 306 g/mol. The molecule has 1 N–H and O–H groups in total. The predicted molar refractivity (Wildman–Crippen MR) is 72.3 cm³/mol. The van der Waals surface area contributed by atoms with Crippen LogP contribution in [0.4, 0.5) is 0 Å². The van der Waals surface area contributed by atoms with E-state index in [1.54, 1.807) is 6.07 Å².